The number of nitrogens with zero attached hydrogens (tertiary/aromatic N) is 3. The Bertz CT molecular complexity index is 613. The van der Waals surface area contributed by atoms with Gasteiger partial charge in [0.15, 0.2) is 0 Å². The molecule has 4 aliphatic rings. The quantitative estimate of drug-likeness (QED) is 0.526. The van der Waals surface area contributed by atoms with E-state index in [4.69, 9.17) is 10.5 Å². The van der Waals surface area contributed by atoms with Crippen LogP contribution in [0.1, 0.15) is 46.0 Å². The van der Waals surface area contributed by atoms with Gasteiger partial charge < -0.3 is 20.3 Å². The summed E-state index contributed by atoms with van der Waals surface area (Å²) in [5.41, 5.74) is 9.38. The van der Waals surface area contributed by atoms with Crippen molar-refractivity contribution in [2.24, 2.45) is 29.4 Å². The fourth-order valence-electron chi connectivity index (χ4n) is 6.68. The number of likely N-dealkylation sites (N-methyl/N-ethyl adjacent to an activating group) is 1. The molecule has 0 aromatic rings. The SMILES string of the molecule is CC(C)N1NCC2C(C(=O)N3CCOCC3)CC(C3CCCC(CN(C)CCN)C3)NC21. The van der Waals surface area contributed by atoms with Crippen molar-refractivity contribution in [1.29, 1.82) is 0 Å². The zero-order valence-electron chi connectivity index (χ0n) is 20.5. The average molecular weight is 451 g/mol. The van der Waals surface area contributed by atoms with Crippen molar-refractivity contribution >= 4 is 5.91 Å². The standard InChI is InChI=1S/C24H46N6O2/c1-17(2)30-23-21(15-26-30)20(24(31)29-9-11-32-12-10-29)14-22(27-23)19-6-4-5-18(13-19)16-28(3)8-7-25/h17-23,26-27H,4-16,25H2,1-3H3. The van der Waals surface area contributed by atoms with Crippen LogP contribution in [0.3, 0.4) is 0 Å². The molecule has 8 nitrogen and oxygen atoms in total. The van der Waals surface area contributed by atoms with Gasteiger partial charge in [-0.3, -0.25) is 15.5 Å². The fraction of sp³-hybridized carbons (Fsp3) is 0.958. The lowest BCUT2D eigenvalue weighted by molar-refractivity contribution is -0.144. The molecule has 3 aliphatic heterocycles. The van der Waals surface area contributed by atoms with Crippen LogP contribution < -0.4 is 16.5 Å². The van der Waals surface area contributed by atoms with E-state index in [1.54, 1.807) is 0 Å². The number of hydrazine groups is 1. The molecule has 4 N–H and O–H groups in total. The first-order chi connectivity index (χ1) is 15.5. The van der Waals surface area contributed by atoms with Gasteiger partial charge >= 0.3 is 0 Å². The number of carbonyl (C=O) groups is 1. The molecular formula is C24H46N6O2. The highest BCUT2D eigenvalue weighted by Gasteiger charge is 2.50. The lowest BCUT2D eigenvalue weighted by Crippen LogP contribution is -2.62. The Labute approximate surface area is 194 Å². The molecule has 1 aliphatic carbocycles. The van der Waals surface area contributed by atoms with Crippen LogP contribution >= 0.6 is 0 Å². The summed E-state index contributed by atoms with van der Waals surface area (Å²) in [5.74, 6) is 2.17. The van der Waals surface area contributed by atoms with E-state index in [0.717, 1.165) is 51.6 Å². The number of nitrogens with one attached hydrogen (secondary N) is 2. The van der Waals surface area contributed by atoms with Gasteiger partial charge in [0.05, 0.1) is 19.4 Å². The Morgan fingerprint density at radius 2 is 2.00 bits per heavy atom. The van der Waals surface area contributed by atoms with E-state index in [-0.39, 0.29) is 12.1 Å². The molecule has 184 valence electrons. The molecule has 0 aromatic heterocycles. The van der Waals surface area contributed by atoms with Crippen LogP contribution in [0.5, 0.6) is 0 Å². The highest BCUT2D eigenvalue weighted by Crippen LogP contribution is 2.40. The lowest BCUT2D eigenvalue weighted by Gasteiger charge is -2.47. The van der Waals surface area contributed by atoms with Gasteiger partial charge in [-0.2, -0.15) is 0 Å². The van der Waals surface area contributed by atoms with Crippen LogP contribution in [0.2, 0.25) is 0 Å². The first kappa shape index (κ1) is 24.4. The van der Waals surface area contributed by atoms with Crippen molar-refractivity contribution in [1.82, 2.24) is 25.6 Å². The van der Waals surface area contributed by atoms with Gasteiger partial charge in [-0.1, -0.05) is 6.42 Å². The van der Waals surface area contributed by atoms with Crippen LogP contribution in [0.4, 0.5) is 0 Å². The predicted octanol–water partition coefficient (Wildman–Crippen LogP) is 0.691. The molecule has 6 unspecified atom stereocenters. The largest absolute Gasteiger partial charge is 0.378 e. The summed E-state index contributed by atoms with van der Waals surface area (Å²) in [4.78, 5) is 18.1. The van der Waals surface area contributed by atoms with Crippen molar-refractivity contribution < 1.29 is 9.53 Å². The van der Waals surface area contributed by atoms with E-state index in [2.05, 4.69) is 46.4 Å². The van der Waals surface area contributed by atoms with Crippen molar-refractivity contribution in [3.63, 3.8) is 0 Å². The number of hydrogen-bond acceptors (Lipinski definition) is 7. The topological polar surface area (TPSA) is 86.1 Å². The normalized spacial score (nSPS) is 36.6. The highest BCUT2D eigenvalue weighted by atomic mass is 16.5. The molecule has 0 bridgehead atoms. The number of morpholine rings is 1. The molecule has 3 saturated heterocycles. The first-order valence-electron chi connectivity index (χ1n) is 13.0. The van der Waals surface area contributed by atoms with Gasteiger partial charge in [-0.25, -0.2) is 5.01 Å². The fourth-order valence-corrected chi connectivity index (χ4v) is 6.68. The third-order valence-electron chi connectivity index (χ3n) is 8.29. The lowest BCUT2D eigenvalue weighted by atomic mass is 9.71. The summed E-state index contributed by atoms with van der Waals surface area (Å²) in [6.07, 6.45) is 6.37. The summed E-state index contributed by atoms with van der Waals surface area (Å²) in [5, 5.41) is 6.40. The van der Waals surface area contributed by atoms with E-state index in [1.165, 1.54) is 25.7 Å². The van der Waals surface area contributed by atoms with Crippen molar-refractivity contribution in [2.75, 3.05) is 59.5 Å². The predicted molar refractivity (Wildman–Crippen MR) is 127 cm³/mol. The third-order valence-corrected chi connectivity index (χ3v) is 8.29. The average Bonchev–Trinajstić information content (AvgIpc) is 3.23. The molecule has 4 rings (SSSR count). The van der Waals surface area contributed by atoms with Crippen molar-refractivity contribution in [3.05, 3.63) is 0 Å². The van der Waals surface area contributed by atoms with Crippen LogP contribution in [0, 0.1) is 23.7 Å². The number of ether oxygens (including phenoxy) is 1. The van der Waals surface area contributed by atoms with Crippen LogP contribution in [-0.2, 0) is 9.53 Å². The summed E-state index contributed by atoms with van der Waals surface area (Å²) < 4.78 is 5.51. The van der Waals surface area contributed by atoms with E-state index in [1.807, 2.05) is 0 Å². The zero-order chi connectivity index (χ0) is 22.7. The minimum Gasteiger partial charge on any atom is -0.378 e. The molecule has 6 atom stereocenters. The molecule has 32 heavy (non-hydrogen) atoms. The van der Waals surface area contributed by atoms with E-state index in [0.29, 0.717) is 43.0 Å². The number of fused-ring (bicyclic) bond motifs is 1. The molecule has 1 amide bonds. The van der Waals surface area contributed by atoms with Gasteiger partial charge in [-0.05, 0) is 58.4 Å². The van der Waals surface area contributed by atoms with Gasteiger partial charge in [0.1, 0.15) is 0 Å². The van der Waals surface area contributed by atoms with Crippen LogP contribution in [0.15, 0.2) is 0 Å². The number of rotatable bonds is 7. The number of hydrogen-bond donors (Lipinski definition) is 3. The smallest absolute Gasteiger partial charge is 0.226 e. The van der Waals surface area contributed by atoms with Gasteiger partial charge in [0.25, 0.3) is 0 Å². The number of amides is 1. The Morgan fingerprint density at radius 1 is 1.22 bits per heavy atom. The van der Waals surface area contributed by atoms with E-state index in [9.17, 15) is 4.79 Å². The molecule has 8 heteroatoms. The first-order valence-corrected chi connectivity index (χ1v) is 13.0. The van der Waals surface area contributed by atoms with Gasteiger partial charge in [-0.15, -0.1) is 0 Å². The Morgan fingerprint density at radius 3 is 2.72 bits per heavy atom. The summed E-state index contributed by atoms with van der Waals surface area (Å²) in [6, 6.07) is 0.814. The Balaban J connectivity index is 1.47. The van der Waals surface area contributed by atoms with E-state index < -0.39 is 0 Å². The molecule has 3 heterocycles. The number of piperidine rings is 1. The molecule has 0 spiro atoms. The Kier molecular flexibility index (Phi) is 8.45. The second-order valence-electron chi connectivity index (χ2n) is 10.9. The van der Waals surface area contributed by atoms with E-state index >= 15 is 0 Å². The second-order valence-corrected chi connectivity index (χ2v) is 10.9. The summed E-state index contributed by atoms with van der Waals surface area (Å²) in [6.45, 7) is 11.0. The molecule has 1 saturated carbocycles. The Hall–Kier alpha value is -0.770. The van der Waals surface area contributed by atoms with Crippen LogP contribution in [0.25, 0.3) is 0 Å². The molecular weight excluding hydrogens is 404 g/mol. The molecule has 0 aromatic carbocycles. The monoisotopic (exact) mass is 450 g/mol. The van der Waals surface area contributed by atoms with Crippen LogP contribution in [-0.4, -0.2) is 98.5 Å². The maximum absolute atomic E-state index is 13.7. The van der Waals surface area contributed by atoms with Crippen molar-refractivity contribution in [2.45, 2.75) is 64.2 Å². The minimum absolute atomic E-state index is 0.0980. The molecule has 0 radical (unpaired) electrons. The third kappa shape index (κ3) is 5.47. The highest BCUT2D eigenvalue weighted by molar-refractivity contribution is 5.79. The minimum atomic E-state index is 0.0980. The van der Waals surface area contributed by atoms with Gasteiger partial charge in [0.2, 0.25) is 5.91 Å². The number of carbonyl (C=O) groups excluding carboxylic acids is 1. The maximum Gasteiger partial charge on any atom is 0.226 e. The second kappa shape index (κ2) is 11.1. The molecule has 4 fully saturated rings. The van der Waals surface area contributed by atoms with Crippen molar-refractivity contribution in [3.8, 4) is 0 Å². The summed E-state index contributed by atoms with van der Waals surface area (Å²) in [7, 11) is 2.20. The zero-order valence-corrected chi connectivity index (χ0v) is 20.5. The maximum atomic E-state index is 13.7. The van der Waals surface area contributed by atoms with Gasteiger partial charge in [0, 0.05) is 63.2 Å². The number of nitrogens with two attached hydrogens (primary N) is 1. The summed E-state index contributed by atoms with van der Waals surface area (Å²) >= 11 is 0.